The van der Waals surface area contributed by atoms with Crippen molar-refractivity contribution < 1.29 is 13.2 Å². The van der Waals surface area contributed by atoms with Gasteiger partial charge in [-0.25, -0.2) is 0 Å². The molecule has 0 fully saturated rings. The summed E-state index contributed by atoms with van der Waals surface area (Å²) in [5, 5.41) is 3.98. The van der Waals surface area contributed by atoms with Crippen LogP contribution in [0.3, 0.4) is 0 Å². The molecule has 0 radical (unpaired) electrons. The predicted molar refractivity (Wildman–Crippen MR) is 75.2 cm³/mol. The quantitative estimate of drug-likeness (QED) is 0.803. The average Bonchev–Trinajstić information content (AvgIpc) is 2.83. The molecule has 1 aliphatic rings. The second kappa shape index (κ2) is 4.79. The van der Waals surface area contributed by atoms with E-state index in [1.54, 1.807) is 19.3 Å². The lowest BCUT2D eigenvalue weighted by atomic mass is 9.93. The molecule has 2 heterocycles. The molecule has 0 amide bonds. The van der Waals surface area contributed by atoms with E-state index in [0.29, 0.717) is 11.3 Å². The van der Waals surface area contributed by atoms with Gasteiger partial charge in [-0.1, -0.05) is 0 Å². The van der Waals surface area contributed by atoms with Gasteiger partial charge in [0.1, 0.15) is 0 Å². The van der Waals surface area contributed by atoms with Crippen LogP contribution in [0, 0.1) is 0 Å². The summed E-state index contributed by atoms with van der Waals surface area (Å²) < 4.78 is 41.7. The number of rotatable bonds is 1. The number of hydrogen-bond acceptors (Lipinski definition) is 2. The van der Waals surface area contributed by atoms with Crippen molar-refractivity contribution in [3.8, 4) is 11.1 Å². The Morgan fingerprint density at radius 1 is 1.19 bits per heavy atom. The fourth-order valence-corrected chi connectivity index (χ4v) is 2.85. The minimum Gasteiger partial charge on any atom is -0.374 e. The molecule has 0 atom stereocenters. The van der Waals surface area contributed by atoms with E-state index in [1.165, 1.54) is 16.9 Å². The van der Waals surface area contributed by atoms with Crippen LogP contribution in [0.4, 0.5) is 18.9 Å². The highest BCUT2D eigenvalue weighted by Crippen LogP contribution is 2.41. The zero-order chi connectivity index (χ0) is 15.2. The number of nitrogens with zero attached hydrogens (tertiary/aromatic N) is 3. The number of aryl methyl sites for hydroxylation is 2. The van der Waals surface area contributed by atoms with Crippen molar-refractivity contribution >= 4 is 5.69 Å². The van der Waals surface area contributed by atoms with Crippen LogP contribution in [0.15, 0.2) is 24.5 Å². The summed E-state index contributed by atoms with van der Waals surface area (Å²) in [5.74, 6) is 0. The number of fused-ring (bicyclic) bond motifs is 1. The molecule has 6 heteroatoms. The molecule has 0 N–H and O–H groups in total. The van der Waals surface area contributed by atoms with Crippen LogP contribution in [0.2, 0.25) is 0 Å². The van der Waals surface area contributed by atoms with Crippen LogP contribution in [-0.4, -0.2) is 23.4 Å². The van der Waals surface area contributed by atoms with Crippen molar-refractivity contribution in [2.75, 3.05) is 18.5 Å². The molecule has 0 saturated carbocycles. The Kier molecular flexibility index (Phi) is 3.19. The predicted octanol–water partition coefficient (Wildman–Crippen LogP) is 3.49. The number of halogens is 3. The monoisotopic (exact) mass is 295 g/mol. The minimum absolute atomic E-state index is 0.213. The molecule has 0 spiro atoms. The molecule has 112 valence electrons. The van der Waals surface area contributed by atoms with E-state index in [2.05, 4.69) is 5.10 Å². The van der Waals surface area contributed by atoms with Crippen LogP contribution in [0.5, 0.6) is 0 Å². The van der Waals surface area contributed by atoms with E-state index >= 15 is 0 Å². The molecule has 2 aromatic rings. The normalized spacial score (nSPS) is 15.2. The highest BCUT2D eigenvalue weighted by atomic mass is 19.4. The zero-order valence-corrected chi connectivity index (χ0v) is 11.9. The first-order valence-electron chi connectivity index (χ1n) is 6.80. The van der Waals surface area contributed by atoms with Gasteiger partial charge in [-0.15, -0.1) is 0 Å². The molecule has 0 unspecified atom stereocenters. The van der Waals surface area contributed by atoms with Crippen molar-refractivity contribution in [1.82, 2.24) is 9.78 Å². The molecule has 3 nitrogen and oxygen atoms in total. The lowest BCUT2D eigenvalue weighted by molar-refractivity contribution is -0.137. The average molecular weight is 295 g/mol. The summed E-state index contributed by atoms with van der Waals surface area (Å²) in [6.45, 7) is 0.788. The Labute approximate surface area is 121 Å². The van der Waals surface area contributed by atoms with E-state index in [1.807, 2.05) is 11.9 Å². The highest BCUT2D eigenvalue weighted by Gasteiger charge is 2.35. The van der Waals surface area contributed by atoms with E-state index < -0.39 is 11.7 Å². The van der Waals surface area contributed by atoms with Crippen molar-refractivity contribution in [2.24, 2.45) is 7.05 Å². The van der Waals surface area contributed by atoms with Crippen molar-refractivity contribution in [2.45, 2.75) is 19.0 Å². The number of alkyl halides is 3. The highest BCUT2D eigenvalue weighted by molar-refractivity contribution is 5.73. The van der Waals surface area contributed by atoms with Crippen LogP contribution >= 0.6 is 0 Å². The maximum absolute atomic E-state index is 13.4. The standard InChI is InChI=1S/C15H16F3N3/c1-20-5-3-4-10-6-12(11-8-19-21(2)9-11)13(7-14(10)20)15(16,17)18/h6-9H,3-5H2,1-2H3. The van der Waals surface area contributed by atoms with Crippen LogP contribution in [-0.2, 0) is 19.6 Å². The minimum atomic E-state index is -4.38. The zero-order valence-electron chi connectivity index (χ0n) is 11.9. The second-order valence-electron chi connectivity index (χ2n) is 5.45. The molecule has 21 heavy (non-hydrogen) atoms. The Hall–Kier alpha value is -1.98. The number of aromatic nitrogens is 2. The lowest BCUT2D eigenvalue weighted by Gasteiger charge is -2.29. The Morgan fingerprint density at radius 2 is 1.95 bits per heavy atom. The first kappa shape index (κ1) is 14.0. The second-order valence-corrected chi connectivity index (χ2v) is 5.45. The van der Waals surface area contributed by atoms with Gasteiger partial charge in [-0.3, -0.25) is 4.68 Å². The molecule has 1 aromatic heterocycles. The number of anilines is 1. The number of hydrogen-bond donors (Lipinski definition) is 0. The van der Waals surface area contributed by atoms with Gasteiger partial charge >= 0.3 is 6.18 Å². The first-order chi connectivity index (χ1) is 9.86. The molecule has 1 aromatic carbocycles. The molecule has 3 rings (SSSR count). The molecule has 1 aliphatic heterocycles. The van der Waals surface area contributed by atoms with Gasteiger partial charge in [0.2, 0.25) is 0 Å². The largest absolute Gasteiger partial charge is 0.417 e. The summed E-state index contributed by atoms with van der Waals surface area (Å²) in [6, 6.07) is 2.95. The topological polar surface area (TPSA) is 21.1 Å². The van der Waals surface area contributed by atoms with Gasteiger partial charge in [-0.05, 0) is 36.1 Å². The SMILES string of the molecule is CN1CCCc2cc(-c3cnn(C)c3)c(C(F)(F)F)cc21. The summed E-state index contributed by atoms with van der Waals surface area (Å²) >= 11 is 0. The Balaban J connectivity index is 2.22. The van der Waals surface area contributed by atoms with Gasteiger partial charge in [0.25, 0.3) is 0 Å². The van der Waals surface area contributed by atoms with Crippen LogP contribution < -0.4 is 4.90 Å². The van der Waals surface area contributed by atoms with Gasteiger partial charge in [0, 0.05) is 38.1 Å². The maximum Gasteiger partial charge on any atom is 0.417 e. The summed E-state index contributed by atoms with van der Waals surface area (Å²) in [6.07, 6.45) is 0.484. The van der Waals surface area contributed by atoms with Crippen molar-refractivity contribution in [3.63, 3.8) is 0 Å². The smallest absolute Gasteiger partial charge is 0.374 e. The molecule has 0 saturated heterocycles. The lowest BCUT2D eigenvalue weighted by Crippen LogP contribution is -2.25. The number of benzene rings is 1. The van der Waals surface area contributed by atoms with E-state index in [9.17, 15) is 13.2 Å². The molecular formula is C15H16F3N3. The van der Waals surface area contributed by atoms with Crippen molar-refractivity contribution in [3.05, 3.63) is 35.7 Å². The van der Waals surface area contributed by atoms with Gasteiger partial charge in [-0.2, -0.15) is 18.3 Å². The fraction of sp³-hybridized carbons (Fsp3) is 0.400. The molecule has 0 bridgehead atoms. The van der Waals surface area contributed by atoms with E-state index in [-0.39, 0.29) is 5.56 Å². The summed E-state index contributed by atoms with van der Waals surface area (Å²) in [4.78, 5) is 1.89. The van der Waals surface area contributed by atoms with Crippen LogP contribution in [0.25, 0.3) is 11.1 Å². The van der Waals surface area contributed by atoms with Crippen molar-refractivity contribution in [1.29, 1.82) is 0 Å². The molecule has 0 aliphatic carbocycles. The van der Waals surface area contributed by atoms with Crippen LogP contribution in [0.1, 0.15) is 17.5 Å². The van der Waals surface area contributed by atoms with Gasteiger partial charge in [0.15, 0.2) is 0 Å². The van der Waals surface area contributed by atoms with Gasteiger partial charge < -0.3 is 4.90 Å². The Bertz CT molecular complexity index is 673. The van der Waals surface area contributed by atoms with Gasteiger partial charge in [0.05, 0.1) is 11.8 Å². The third-order valence-electron chi connectivity index (χ3n) is 3.89. The summed E-state index contributed by atoms with van der Waals surface area (Å²) in [5.41, 5.74) is 1.77. The van der Waals surface area contributed by atoms with E-state index in [4.69, 9.17) is 0 Å². The third-order valence-corrected chi connectivity index (χ3v) is 3.89. The third kappa shape index (κ3) is 2.50. The molecular weight excluding hydrogens is 279 g/mol. The van der Waals surface area contributed by atoms with E-state index in [0.717, 1.165) is 24.9 Å². The maximum atomic E-state index is 13.4. The fourth-order valence-electron chi connectivity index (χ4n) is 2.85. The first-order valence-corrected chi connectivity index (χ1v) is 6.80. The Morgan fingerprint density at radius 3 is 2.57 bits per heavy atom. The summed E-state index contributed by atoms with van der Waals surface area (Å²) in [7, 11) is 3.53.